The summed E-state index contributed by atoms with van der Waals surface area (Å²) in [6, 6.07) is 15.0. The molecule has 1 N–H and O–H groups in total. The molecular weight excluding hydrogens is 366 g/mol. The molecule has 0 aliphatic heterocycles. The molecule has 0 heterocycles. The molecule has 2 aromatic rings. The largest absolute Gasteiger partial charge is 0.481 e. The molecule has 1 unspecified atom stereocenters. The van der Waals surface area contributed by atoms with E-state index in [2.05, 4.69) is 21.2 Å². The Labute approximate surface area is 143 Å². The Morgan fingerprint density at radius 1 is 1.18 bits per heavy atom. The van der Waals surface area contributed by atoms with Gasteiger partial charge in [-0.2, -0.15) is 0 Å². The molecule has 22 heavy (non-hydrogen) atoms. The van der Waals surface area contributed by atoms with Crippen LogP contribution in [0.15, 0.2) is 53.0 Å². The van der Waals surface area contributed by atoms with Gasteiger partial charge < -0.3 is 10.1 Å². The van der Waals surface area contributed by atoms with Crippen molar-refractivity contribution in [3.63, 3.8) is 0 Å². The maximum Gasteiger partial charge on any atom is 0.260 e. The number of ether oxygens (including phenoxy) is 1. The third-order valence-corrected chi connectivity index (χ3v) is 3.90. The lowest BCUT2D eigenvalue weighted by Gasteiger charge is -2.14. The summed E-state index contributed by atoms with van der Waals surface area (Å²) in [4.78, 5) is 12.0. The maximum atomic E-state index is 12.0. The van der Waals surface area contributed by atoms with Gasteiger partial charge in [0.05, 0.1) is 0 Å². The number of benzene rings is 2. The number of carbonyl (C=O) groups excluding carboxylic acids is 1. The van der Waals surface area contributed by atoms with Gasteiger partial charge >= 0.3 is 0 Å². The Bertz CT molecular complexity index is 614. The summed E-state index contributed by atoms with van der Waals surface area (Å²) in [6.45, 7) is 2.30. The van der Waals surface area contributed by atoms with E-state index in [-0.39, 0.29) is 5.91 Å². The fraction of sp³-hybridized carbons (Fsp3) is 0.235. The molecule has 1 atom stereocenters. The molecule has 0 aliphatic carbocycles. The number of amides is 1. The predicted octanol–water partition coefficient (Wildman–Crippen LogP) is 4.23. The van der Waals surface area contributed by atoms with Gasteiger partial charge in [0.2, 0.25) is 0 Å². The van der Waals surface area contributed by atoms with Gasteiger partial charge in [-0.25, -0.2) is 0 Å². The van der Waals surface area contributed by atoms with Gasteiger partial charge in [-0.3, -0.25) is 4.79 Å². The van der Waals surface area contributed by atoms with Crippen LogP contribution in [0.25, 0.3) is 0 Å². The van der Waals surface area contributed by atoms with E-state index in [0.717, 1.165) is 16.5 Å². The van der Waals surface area contributed by atoms with E-state index >= 15 is 0 Å². The molecule has 2 aromatic carbocycles. The third kappa shape index (κ3) is 5.35. The standard InChI is InChI=1S/C17H17BrClNO2/c1-12(22-16-8-4-14(18)5-9-16)17(21)20-11-10-13-2-6-15(19)7-3-13/h2-9,12H,10-11H2,1H3,(H,20,21). The highest BCUT2D eigenvalue weighted by Gasteiger charge is 2.13. The van der Waals surface area contributed by atoms with Crippen LogP contribution in [0.1, 0.15) is 12.5 Å². The lowest BCUT2D eigenvalue weighted by atomic mass is 10.1. The molecule has 0 spiro atoms. The number of hydrogen-bond acceptors (Lipinski definition) is 2. The van der Waals surface area contributed by atoms with E-state index in [0.29, 0.717) is 17.3 Å². The Morgan fingerprint density at radius 2 is 1.82 bits per heavy atom. The van der Waals surface area contributed by atoms with Crippen LogP contribution in [0.5, 0.6) is 5.75 Å². The second-order valence-electron chi connectivity index (χ2n) is 4.88. The van der Waals surface area contributed by atoms with E-state index in [1.165, 1.54) is 0 Å². The molecular formula is C17H17BrClNO2. The Kier molecular flexibility index (Phi) is 6.28. The average Bonchev–Trinajstić information content (AvgIpc) is 2.51. The van der Waals surface area contributed by atoms with Gasteiger partial charge in [0, 0.05) is 16.0 Å². The van der Waals surface area contributed by atoms with Crippen LogP contribution in [0.2, 0.25) is 5.02 Å². The monoisotopic (exact) mass is 381 g/mol. The first kappa shape index (κ1) is 16.8. The number of rotatable bonds is 6. The van der Waals surface area contributed by atoms with Crippen molar-refractivity contribution in [2.24, 2.45) is 0 Å². The van der Waals surface area contributed by atoms with Gasteiger partial charge in [-0.15, -0.1) is 0 Å². The fourth-order valence-corrected chi connectivity index (χ4v) is 2.29. The van der Waals surface area contributed by atoms with Crippen LogP contribution in [0, 0.1) is 0 Å². The minimum Gasteiger partial charge on any atom is -0.481 e. The Hall–Kier alpha value is -1.52. The van der Waals surface area contributed by atoms with Crippen molar-refractivity contribution in [2.75, 3.05) is 6.54 Å². The Morgan fingerprint density at radius 3 is 2.45 bits per heavy atom. The first-order valence-corrected chi connectivity index (χ1v) is 8.16. The molecule has 0 radical (unpaired) electrons. The highest BCUT2D eigenvalue weighted by atomic mass is 79.9. The highest BCUT2D eigenvalue weighted by molar-refractivity contribution is 9.10. The lowest BCUT2D eigenvalue weighted by Crippen LogP contribution is -2.37. The number of halogens is 2. The lowest BCUT2D eigenvalue weighted by molar-refractivity contribution is -0.127. The predicted molar refractivity (Wildman–Crippen MR) is 92.4 cm³/mol. The van der Waals surface area contributed by atoms with E-state index in [4.69, 9.17) is 16.3 Å². The second-order valence-corrected chi connectivity index (χ2v) is 6.23. The summed E-state index contributed by atoms with van der Waals surface area (Å²) in [5, 5.41) is 3.58. The van der Waals surface area contributed by atoms with Crippen LogP contribution in [-0.2, 0) is 11.2 Å². The van der Waals surface area contributed by atoms with E-state index in [9.17, 15) is 4.79 Å². The Balaban J connectivity index is 1.76. The van der Waals surface area contributed by atoms with Crippen LogP contribution in [0.4, 0.5) is 0 Å². The topological polar surface area (TPSA) is 38.3 Å². The van der Waals surface area contributed by atoms with Crippen molar-refractivity contribution >= 4 is 33.4 Å². The van der Waals surface area contributed by atoms with Gasteiger partial charge in [0.1, 0.15) is 5.75 Å². The van der Waals surface area contributed by atoms with Gasteiger partial charge in [0.15, 0.2) is 6.10 Å². The number of carbonyl (C=O) groups is 1. The van der Waals surface area contributed by atoms with Gasteiger partial charge in [0.25, 0.3) is 5.91 Å². The minimum absolute atomic E-state index is 0.128. The van der Waals surface area contributed by atoms with E-state index < -0.39 is 6.10 Å². The van der Waals surface area contributed by atoms with Crippen LogP contribution in [0.3, 0.4) is 0 Å². The normalized spacial score (nSPS) is 11.8. The molecule has 2 rings (SSSR count). The zero-order valence-corrected chi connectivity index (χ0v) is 14.5. The molecule has 116 valence electrons. The molecule has 0 aliphatic rings. The van der Waals surface area contributed by atoms with Gasteiger partial charge in [-0.1, -0.05) is 39.7 Å². The van der Waals surface area contributed by atoms with Crippen molar-refractivity contribution in [3.05, 3.63) is 63.6 Å². The van der Waals surface area contributed by atoms with Crippen molar-refractivity contribution < 1.29 is 9.53 Å². The molecule has 0 bridgehead atoms. The smallest absolute Gasteiger partial charge is 0.260 e. The molecule has 0 aromatic heterocycles. The molecule has 3 nitrogen and oxygen atoms in total. The zero-order chi connectivity index (χ0) is 15.9. The van der Waals surface area contributed by atoms with Crippen molar-refractivity contribution in [3.8, 4) is 5.75 Å². The highest BCUT2D eigenvalue weighted by Crippen LogP contribution is 2.17. The summed E-state index contributed by atoms with van der Waals surface area (Å²) in [6.07, 6.45) is 0.222. The van der Waals surface area contributed by atoms with Crippen LogP contribution in [-0.4, -0.2) is 18.6 Å². The number of nitrogens with one attached hydrogen (secondary N) is 1. The molecule has 1 amide bonds. The molecule has 0 saturated carbocycles. The first-order valence-electron chi connectivity index (χ1n) is 6.99. The first-order chi connectivity index (χ1) is 10.5. The quantitative estimate of drug-likeness (QED) is 0.812. The molecule has 0 saturated heterocycles. The number of hydrogen-bond donors (Lipinski definition) is 1. The van der Waals surface area contributed by atoms with Crippen molar-refractivity contribution in [1.82, 2.24) is 5.32 Å². The summed E-state index contributed by atoms with van der Waals surface area (Å²) in [5.41, 5.74) is 1.13. The summed E-state index contributed by atoms with van der Waals surface area (Å²) < 4.78 is 6.57. The maximum absolute atomic E-state index is 12.0. The van der Waals surface area contributed by atoms with Crippen molar-refractivity contribution in [2.45, 2.75) is 19.4 Å². The summed E-state index contributed by atoms with van der Waals surface area (Å²) >= 11 is 9.19. The van der Waals surface area contributed by atoms with Crippen LogP contribution < -0.4 is 10.1 Å². The van der Waals surface area contributed by atoms with E-state index in [1.54, 1.807) is 6.92 Å². The van der Waals surface area contributed by atoms with Crippen molar-refractivity contribution in [1.29, 1.82) is 0 Å². The summed E-state index contributed by atoms with van der Waals surface area (Å²) in [5.74, 6) is 0.542. The molecule has 0 fully saturated rings. The van der Waals surface area contributed by atoms with Crippen LogP contribution >= 0.6 is 27.5 Å². The molecule has 5 heteroatoms. The second kappa shape index (κ2) is 8.20. The summed E-state index contributed by atoms with van der Waals surface area (Å²) in [7, 11) is 0. The zero-order valence-electron chi connectivity index (χ0n) is 12.2. The minimum atomic E-state index is -0.536. The van der Waals surface area contributed by atoms with E-state index in [1.807, 2.05) is 48.5 Å². The SMILES string of the molecule is CC(Oc1ccc(Br)cc1)C(=O)NCCc1ccc(Cl)cc1. The van der Waals surface area contributed by atoms with Gasteiger partial charge in [-0.05, 0) is 55.3 Å². The average molecular weight is 383 g/mol. The fourth-order valence-electron chi connectivity index (χ4n) is 1.90. The third-order valence-electron chi connectivity index (χ3n) is 3.12.